The Kier molecular flexibility index (Phi) is 4.81. The minimum Gasteiger partial charge on any atom is -0.457 e. The van der Waals surface area contributed by atoms with Crippen LogP contribution in [-0.4, -0.2) is 27.8 Å². The van der Waals surface area contributed by atoms with Crippen LogP contribution in [0.3, 0.4) is 0 Å². The Morgan fingerprint density at radius 1 is 1.04 bits per heavy atom. The van der Waals surface area contributed by atoms with Crippen molar-refractivity contribution in [2.24, 2.45) is 0 Å². The number of hydrogen-bond acceptors (Lipinski definition) is 4. The lowest BCUT2D eigenvalue weighted by Crippen LogP contribution is -2.27. The van der Waals surface area contributed by atoms with E-state index in [1.54, 1.807) is 42.7 Å². The van der Waals surface area contributed by atoms with Crippen LogP contribution in [0, 0.1) is 0 Å². The fourth-order valence-electron chi connectivity index (χ4n) is 2.28. The first kappa shape index (κ1) is 15.7. The van der Waals surface area contributed by atoms with Crippen molar-refractivity contribution in [2.45, 2.75) is 6.54 Å². The fourth-order valence-corrected chi connectivity index (χ4v) is 2.28. The highest BCUT2D eigenvalue weighted by Gasteiger charge is 2.17. The second-order valence-corrected chi connectivity index (χ2v) is 5.27. The number of nitrogens with zero attached hydrogens (tertiary/aromatic N) is 3. The van der Waals surface area contributed by atoms with E-state index in [4.69, 9.17) is 4.74 Å². The van der Waals surface area contributed by atoms with E-state index in [0.29, 0.717) is 23.6 Å². The van der Waals surface area contributed by atoms with Gasteiger partial charge in [-0.15, -0.1) is 0 Å². The minimum atomic E-state index is -0.132. The van der Waals surface area contributed by atoms with Gasteiger partial charge in [0.2, 0.25) is 0 Å². The number of aromatic nitrogens is 2. The Morgan fingerprint density at radius 2 is 1.79 bits per heavy atom. The molecule has 0 radical (unpaired) electrons. The second kappa shape index (κ2) is 7.37. The average molecular weight is 319 g/mol. The van der Waals surface area contributed by atoms with Crippen LogP contribution in [0.25, 0.3) is 0 Å². The maximum atomic E-state index is 12.8. The van der Waals surface area contributed by atoms with E-state index >= 15 is 0 Å². The van der Waals surface area contributed by atoms with Crippen molar-refractivity contribution < 1.29 is 9.53 Å². The molecule has 0 unspecified atom stereocenters. The molecular weight excluding hydrogens is 302 g/mol. The normalized spacial score (nSPS) is 10.2. The van der Waals surface area contributed by atoms with E-state index < -0.39 is 0 Å². The van der Waals surface area contributed by atoms with Gasteiger partial charge in [0, 0.05) is 19.4 Å². The van der Waals surface area contributed by atoms with Crippen molar-refractivity contribution in [1.29, 1.82) is 0 Å². The number of ether oxygens (including phenoxy) is 1. The van der Waals surface area contributed by atoms with Crippen molar-refractivity contribution in [1.82, 2.24) is 14.9 Å². The number of carbonyl (C=O) groups excluding carboxylic acids is 1. The van der Waals surface area contributed by atoms with Crippen molar-refractivity contribution >= 4 is 5.91 Å². The summed E-state index contributed by atoms with van der Waals surface area (Å²) in [5.74, 6) is 1.08. The van der Waals surface area contributed by atoms with Crippen LogP contribution in [-0.2, 0) is 6.54 Å². The van der Waals surface area contributed by atoms with E-state index in [-0.39, 0.29) is 5.91 Å². The molecular formula is C19H17N3O2. The molecule has 0 fully saturated rings. The summed E-state index contributed by atoms with van der Waals surface area (Å²) in [5.41, 5.74) is 1.24. The zero-order chi connectivity index (χ0) is 16.8. The van der Waals surface area contributed by atoms with Crippen LogP contribution in [0.1, 0.15) is 16.1 Å². The molecule has 1 aromatic heterocycles. The molecule has 1 heterocycles. The maximum Gasteiger partial charge on any atom is 0.257 e. The molecule has 0 saturated heterocycles. The number of hydrogen-bond donors (Lipinski definition) is 0. The van der Waals surface area contributed by atoms with Crippen LogP contribution in [0.15, 0.2) is 73.2 Å². The summed E-state index contributed by atoms with van der Waals surface area (Å²) in [6, 6.07) is 16.6. The van der Waals surface area contributed by atoms with Gasteiger partial charge in [-0.2, -0.15) is 0 Å². The van der Waals surface area contributed by atoms with E-state index in [9.17, 15) is 4.79 Å². The number of carbonyl (C=O) groups is 1. The van der Waals surface area contributed by atoms with Crippen molar-refractivity contribution in [3.63, 3.8) is 0 Å². The molecule has 0 atom stereocenters. The highest BCUT2D eigenvalue weighted by atomic mass is 16.5. The van der Waals surface area contributed by atoms with E-state index in [1.165, 1.54) is 0 Å². The zero-order valence-corrected chi connectivity index (χ0v) is 13.3. The third kappa shape index (κ3) is 3.76. The largest absolute Gasteiger partial charge is 0.457 e. The lowest BCUT2D eigenvalue weighted by atomic mass is 10.1. The van der Waals surface area contributed by atoms with Gasteiger partial charge in [-0.3, -0.25) is 14.8 Å². The van der Waals surface area contributed by atoms with Gasteiger partial charge in [-0.25, -0.2) is 0 Å². The standard InChI is InChI=1S/C19H17N3O2/c1-22(14-15-13-20-11-12-21-15)19(23)17-9-5-6-10-18(17)24-16-7-3-2-4-8-16/h2-13H,14H2,1H3. The molecule has 0 aliphatic carbocycles. The Balaban J connectivity index is 1.79. The summed E-state index contributed by atoms with van der Waals surface area (Å²) in [7, 11) is 1.73. The first-order valence-corrected chi connectivity index (χ1v) is 7.56. The predicted molar refractivity (Wildman–Crippen MR) is 90.8 cm³/mol. The number of para-hydroxylation sites is 2. The highest BCUT2D eigenvalue weighted by molar-refractivity contribution is 5.96. The molecule has 5 nitrogen and oxygen atoms in total. The maximum absolute atomic E-state index is 12.8. The molecule has 3 aromatic rings. The Labute approximate surface area is 140 Å². The summed E-state index contributed by atoms with van der Waals surface area (Å²) in [6.45, 7) is 0.381. The van der Waals surface area contributed by atoms with E-state index in [1.807, 2.05) is 42.5 Å². The van der Waals surface area contributed by atoms with Crippen molar-refractivity contribution in [2.75, 3.05) is 7.05 Å². The Bertz CT molecular complexity index is 807. The lowest BCUT2D eigenvalue weighted by molar-refractivity contribution is 0.0780. The van der Waals surface area contributed by atoms with Gasteiger partial charge in [0.15, 0.2) is 0 Å². The monoisotopic (exact) mass is 319 g/mol. The molecule has 1 amide bonds. The van der Waals surface area contributed by atoms with Gasteiger partial charge in [-0.05, 0) is 24.3 Å². The first-order chi connectivity index (χ1) is 11.7. The molecule has 0 saturated carbocycles. The Hall–Kier alpha value is -3.21. The summed E-state index contributed by atoms with van der Waals surface area (Å²) >= 11 is 0. The lowest BCUT2D eigenvalue weighted by Gasteiger charge is -2.18. The number of benzene rings is 2. The molecule has 3 rings (SSSR count). The van der Waals surface area contributed by atoms with Crippen molar-refractivity contribution in [3.8, 4) is 11.5 Å². The number of amides is 1. The number of rotatable bonds is 5. The molecule has 0 aliphatic rings. The van der Waals surface area contributed by atoms with Crippen LogP contribution < -0.4 is 4.74 Å². The first-order valence-electron chi connectivity index (χ1n) is 7.56. The highest BCUT2D eigenvalue weighted by Crippen LogP contribution is 2.26. The molecule has 0 spiro atoms. The minimum absolute atomic E-state index is 0.132. The van der Waals surface area contributed by atoms with Gasteiger partial charge < -0.3 is 9.64 Å². The molecule has 0 N–H and O–H groups in total. The van der Waals surface area contributed by atoms with Gasteiger partial charge in [0.05, 0.1) is 24.0 Å². The molecule has 0 bridgehead atoms. The van der Waals surface area contributed by atoms with E-state index in [2.05, 4.69) is 9.97 Å². The summed E-state index contributed by atoms with van der Waals surface area (Å²) in [6.07, 6.45) is 4.87. The third-order valence-corrected chi connectivity index (χ3v) is 3.45. The fraction of sp³-hybridized carbons (Fsp3) is 0.105. The van der Waals surface area contributed by atoms with Crippen LogP contribution >= 0.6 is 0 Å². The van der Waals surface area contributed by atoms with Gasteiger partial charge in [-0.1, -0.05) is 30.3 Å². The third-order valence-electron chi connectivity index (χ3n) is 3.45. The Morgan fingerprint density at radius 3 is 2.54 bits per heavy atom. The summed E-state index contributed by atoms with van der Waals surface area (Å²) in [4.78, 5) is 22.6. The van der Waals surface area contributed by atoms with Gasteiger partial charge >= 0.3 is 0 Å². The van der Waals surface area contributed by atoms with Crippen LogP contribution in [0.5, 0.6) is 11.5 Å². The molecule has 24 heavy (non-hydrogen) atoms. The predicted octanol–water partition coefficient (Wildman–Crippen LogP) is 3.54. The molecule has 5 heteroatoms. The van der Waals surface area contributed by atoms with Crippen LogP contribution in [0.2, 0.25) is 0 Å². The summed E-state index contributed by atoms with van der Waals surface area (Å²) in [5, 5.41) is 0. The van der Waals surface area contributed by atoms with E-state index in [0.717, 1.165) is 5.69 Å². The molecule has 2 aromatic carbocycles. The SMILES string of the molecule is CN(Cc1cnccn1)C(=O)c1ccccc1Oc1ccccc1. The smallest absolute Gasteiger partial charge is 0.257 e. The van der Waals surface area contributed by atoms with Gasteiger partial charge in [0.25, 0.3) is 5.91 Å². The topological polar surface area (TPSA) is 55.3 Å². The summed E-state index contributed by atoms with van der Waals surface area (Å²) < 4.78 is 5.86. The van der Waals surface area contributed by atoms with Crippen molar-refractivity contribution in [3.05, 3.63) is 84.4 Å². The second-order valence-electron chi connectivity index (χ2n) is 5.27. The quantitative estimate of drug-likeness (QED) is 0.722. The average Bonchev–Trinajstić information content (AvgIpc) is 2.63. The van der Waals surface area contributed by atoms with Gasteiger partial charge in [0.1, 0.15) is 11.5 Å². The molecule has 0 aliphatic heterocycles. The molecule has 120 valence electrons. The van der Waals surface area contributed by atoms with Crippen LogP contribution in [0.4, 0.5) is 0 Å². The zero-order valence-electron chi connectivity index (χ0n) is 13.3.